The number of anilines is 2. The van der Waals surface area contributed by atoms with Crippen LogP contribution in [0.15, 0.2) is 95.6 Å². The van der Waals surface area contributed by atoms with Crippen LogP contribution in [0.4, 0.5) is 10.8 Å². The lowest BCUT2D eigenvalue weighted by Crippen LogP contribution is -2.54. The third kappa shape index (κ3) is 3.33. The number of hydrogen-bond acceptors (Lipinski definition) is 12. The maximum Gasteiger partial charge on any atom is 0.230 e. The van der Waals surface area contributed by atoms with Gasteiger partial charge in [-0.2, -0.15) is 5.10 Å². The van der Waals surface area contributed by atoms with E-state index in [0.717, 1.165) is 37.7 Å². The summed E-state index contributed by atoms with van der Waals surface area (Å²) in [6.45, 7) is 0. The molecular weight excluding hydrogens is 585 g/mol. The predicted molar refractivity (Wildman–Crippen MR) is 162 cm³/mol. The van der Waals surface area contributed by atoms with Crippen LogP contribution in [-0.4, -0.2) is 49.9 Å². The Morgan fingerprint density at radius 1 is 0.907 bits per heavy atom. The van der Waals surface area contributed by atoms with Gasteiger partial charge in [0.1, 0.15) is 29.0 Å². The summed E-state index contributed by atoms with van der Waals surface area (Å²) < 4.78 is 10.8. The van der Waals surface area contributed by atoms with Gasteiger partial charge in [0.15, 0.2) is 17.3 Å². The number of aromatic amines is 3. The second-order valence-electron chi connectivity index (χ2n) is 9.64. The van der Waals surface area contributed by atoms with Crippen molar-refractivity contribution in [2.24, 2.45) is 0 Å². The Balaban J connectivity index is 1.50. The van der Waals surface area contributed by atoms with E-state index in [9.17, 15) is 0 Å². The molecule has 43 heavy (non-hydrogen) atoms. The molecule has 1 unspecified atom stereocenters. The number of rotatable bonds is 6. The molecule has 15 heteroatoms. The average Bonchev–Trinajstić information content (AvgIpc) is 3.87. The fraction of sp³-hybridized carbons (Fsp3) is 0.0357. The van der Waals surface area contributed by atoms with Gasteiger partial charge >= 0.3 is 0 Å². The minimum atomic E-state index is -1.28. The summed E-state index contributed by atoms with van der Waals surface area (Å²) in [6.07, 6.45) is 8.52. The normalized spacial score (nSPS) is 17.2. The van der Waals surface area contributed by atoms with Crippen LogP contribution in [-0.2, 0) is 5.66 Å². The number of H-pyrrole nitrogens is 3. The second-order valence-corrected chi connectivity index (χ2v) is 11.4. The lowest BCUT2D eigenvalue weighted by Gasteiger charge is -2.42. The number of pyridine rings is 1. The van der Waals surface area contributed by atoms with Crippen LogP contribution in [0.1, 0.15) is 22.9 Å². The van der Waals surface area contributed by atoms with Crippen LogP contribution >= 0.6 is 22.9 Å². The van der Waals surface area contributed by atoms with Crippen molar-refractivity contribution < 1.29 is 4.52 Å². The Morgan fingerprint density at radius 3 is 2.70 bits per heavy atom. The monoisotopic (exact) mass is 602 g/mol. The Labute approximate surface area is 249 Å². The van der Waals surface area contributed by atoms with E-state index in [1.807, 2.05) is 53.9 Å². The lowest BCUT2D eigenvalue weighted by atomic mass is 10.0. The molecule has 8 heterocycles. The maximum atomic E-state index is 5.56. The Hall–Kier alpha value is -5.67. The van der Waals surface area contributed by atoms with Crippen LogP contribution in [0.5, 0.6) is 0 Å². The third-order valence-electron chi connectivity index (χ3n) is 7.41. The highest BCUT2D eigenvalue weighted by atomic mass is 32.1. The summed E-state index contributed by atoms with van der Waals surface area (Å²) in [6, 6.07) is 17.7. The van der Waals surface area contributed by atoms with Gasteiger partial charge in [-0.25, -0.2) is 15.0 Å². The van der Waals surface area contributed by atoms with Gasteiger partial charge in [-0.05, 0) is 47.2 Å². The van der Waals surface area contributed by atoms with E-state index < -0.39 is 5.66 Å². The summed E-state index contributed by atoms with van der Waals surface area (Å²) in [5.74, 6) is 1.84. The Kier molecular flexibility index (Phi) is 5.11. The molecule has 1 atom stereocenters. The summed E-state index contributed by atoms with van der Waals surface area (Å²) in [7, 11) is 0. The fourth-order valence-electron chi connectivity index (χ4n) is 5.79. The molecule has 0 spiro atoms. The van der Waals surface area contributed by atoms with Crippen molar-refractivity contribution >= 4 is 66.5 Å². The van der Waals surface area contributed by atoms with Crippen LogP contribution < -0.4 is 9.80 Å². The van der Waals surface area contributed by atoms with Crippen molar-refractivity contribution in [3.05, 3.63) is 114 Å². The lowest BCUT2D eigenvalue weighted by molar-refractivity contribution is 0.386. The first-order chi connectivity index (χ1) is 21.3. The van der Waals surface area contributed by atoms with E-state index in [4.69, 9.17) is 14.5 Å². The molecule has 0 amide bonds. The molecule has 13 nitrogen and oxygen atoms in total. The average molecular weight is 603 g/mol. The van der Waals surface area contributed by atoms with Gasteiger partial charge in [0.25, 0.3) is 0 Å². The number of nitrogens with zero attached hydrogens (tertiary/aromatic N) is 9. The van der Waals surface area contributed by atoms with Gasteiger partial charge < -0.3 is 14.5 Å². The van der Waals surface area contributed by atoms with Crippen molar-refractivity contribution in [3.8, 4) is 0 Å². The number of fused-ring (bicyclic) bond motifs is 2. The zero-order chi connectivity index (χ0) is 28.4. The van der Waals surface area contributed by atoms with E-state index in [2.05, 4.69) is 55.8 Å². The first-order valence-electron chi connectivity index (χ1n) is 13.1. The molecule has 0 bridgehead atoms. The highest BCUT2D eigenvalue weighted by Crippen LogP contribution is 2.57. The number of hydrogen-bond donors (Lipinski definition) is 3. The van der Waals surface area contributed by atoms with Crippen LogP contribution in [0.3, 0.4) is 0 Å². The number of aromatic nitrogens is 10. The smallest absolute Gasteiger partial charge is 0.230 e. The highest BCUT2D eigenvalue weighted by molar-refractivity contribution is 7.14. The Bertz CT molecular complexity index is 2180. The Morgan fingerprint density at radius 2 is 1.91 bits per heavy atom. The summed E-state index contributed by atoms with van der Waals surface area (Å²) in [5.41, 5.74) is 3.78. The quantitative estimate of drug-likeness (QED) is 0.231. The summed E-state index contributed by atoms with van der Waals surface area (Å²) in [5, 5.41) is 19.7. The predicted octanol–water partition coefficient (Wildman–Crippen LogP) is 5.21. The van der Waals surface area contributed by atoms with Crippen molar-refractivity contribution in [2.75, 3.05) is 9.80 Å². The molecule has 7 aromatic heterocycles. The van der Waals surface area contributed by atoms with Crippen molar-refractivity contribution in [2.45, 2.75) is 5.66 Å². The van der Waals surface area contributed by atoms with Gasteiger partial charge in [0.2, 0.25) is 5.66 Å². The molecular formula is C28H18N12OS2. The number of imidazole rings is 2. The van der Waals surface area contributed by atoms with Crippen LogP contribution in [0, 0.1) is 0 Å². The SMILES string of the molecule is c1csc(N2C(c3cccc4snnc34)=C(c3ncc[nH]3)N(c3ccn[nH]3)C2(c2ccon2)c2nc3ncccc3[nH]2)c1. The van der Waals surface area contributed by atoms with Crippen molar-refractivity contribution in [1.82, 2.24) is 49.9 Å². The molecule has 1 aliphatic rings. The number of benzene rings is 1. The van der Waals surface area contributed by atoms with E-state index in [1.54, 1.807) is 42.4 Å². The van der Waals surface area contributed by atoms with Gasteiger partial charge in [-0.1, -0.05) is 21.8 Å². The van der Waals surface area contributed by atoms with Gasteiger partial charge in [-0.3, -0.25) is 14.9 Å². The number of thiophene rings is 1. The highest BCUT2D eigenvalue weighted by Gasteiger charge is 2.60. The van der Waals surface area contributed by atoms with E-state index >= 15 is 0 Å². The van der Waals surface area contributed by atoms with Crippen LogP contribution in [0.2, 0.25) is 0 Å². The standard InChI is InChI=1S/C28H18N12OS2/c1-4-16(22-18(6-1)43-38-36-22)23-24(26-30-12-13-31-26)39(20-8-11-32-35-20)28(19-9-14-41-37-19,40(23)21-7-3-15-42-21)27-33-17-5-2-10-29-25(17)34-27/h1-15H,(H,30,31)(H,32,35)(H,29,33,34). The third-order valence-corrected chi connectivity index (χ3v) is 8.95. The zero-order valence-electron chi connectivity index (χ0n) is 21.9. The first-order valence-corrected chi connectivity index (χ1v) is 14.8. The molecule has 0 radical (unpaired) electrons. The fourth-order valence-corrected chi connectivity index (χ4v) is 7.16. The molecule has 0 saturated heterocycles. The molecule has 0 saturated carbocycles. The molecule has 0 aliphatic carbocycles. The van der Waals surface area contributed by atoms with Gasteiger partial charge in [-0.15, -0.1) is 16.4 Å². The molecule has 3 N–H and O–H groups in total. The summed E-state index contributed by atoms with van der Waals surface area (Å²) in [4.78, 5) is 25.6. The molecule has 8 aromatic rings. The topological polar surface area (TPSA) is 157 Å². The molecule has 1 aromatic carbocycles. The zero-order valence-corrected chi connectivity index (χ0v) is 23.5. The molecule has 0 fully saturated rings. The van der Waals surface area contributed by atoms with Gasteiger partial charge in [0, 0.05) is 36.3 Å². The first kappa shape index (κ1) is 24.0. The molecule has 9 rings (SSSR count). The minimum absolute atomic E-state index is 0.556. The van der Waals surface area contributed by atoms with Crippen molar-refractivity contribution in [3.63, 3.8) is 0 Å². The van der Waals surface area contributed by atoms with E-state index in [1.165, 1.54) is 11.5 Å². The largest absolute Gasteiger partial charge is 0.364 e. The van der Waals surface area contributed by atoms with E-state index in [-0.39, 0.29) is 0 Å². The van der Waals surface area contributed by atoms with Gasteiger partial charge in [0.05, 0.1) is 27.1 Å². The maximum absolute atomic E-state index is 5.56. The summed E-state index contributed by atoms with van der Waals surface area (Å²) >= 11 is 2.93. The molecule has 1 aliphatic heterocycles. The second kappa shape index (κ2) is 9.17. The molecule has 208 valence electrons. The van der Waals surface area contributed by atoms with Crippen LogP contribution in [0.25, 0.3) is 32.8 Å². The minimum Gasteiger partial charge on any atom is -0.364 e. The number of nitrogens with one attached hydrogen (secondary N) is 3. The van der Waals surface area contributed by atoms with E-state index in [0.29, 0.717) is 28.8 Å². The van der Waals surface area contributed by atoms with Crippen molar-refractivity contribution in [1.29, 1.82) is 0 Å².